The fourth-order valence-corrected chi connectivity index (χ4v) is 3.79. The number of anilines is 2. The number of phenolic OH excluding ortho intramolecular Hbond substituents is 2. The minimum absolute atomic E-state index is 0.0294. The van der Waals surface area contributed by atoms with E-state index in [1.807, 2.05) is 0 Å². The van der Waals surface area contributed by atoms with Crippen molar-refractivity contribution in [2.75, 3.05) is 62.8 Å². The molecule has 0 fully saturated rings. The maximum absolute atomic E-state index is 13.5. The Morgan fingerprint density at radius 3 is 1.91 bits per heavy atom. The Morgan fingerprint density at radius 1 is 0.735 bits per heavy atom. The molecule has 182 valence electrons. The lowest BCUT2D eigenvalue weighted by molar-refractivity contribution is 0.0975. The molecule has 12 heteroatoms. The summed E-state index contributed by atoms with van der Waals surface area (Å²) in [6, 6.07) is 5.26. The summed E-state index contributed by atoms with van der Waals surface area (Å²) in [4.78, 5) is 38.6. The second-order valence-corrected chi connectivity index (χ2v) is 7.47. The number of nitrogens with one attached hydrogen (secondary N) is 3. The SMILES string of the molecule is O=NN(CCNCCO)c1ccc(NCCNCCO)c2c1C(=O)c1c(O)ccc(O)c1C2=O. The van der Waals surface area contributed by atoms with Crippen molar-refractivity contribution in [3.05, 3.63) is 51.4 Å². The molecule has 0 radical (unpaired) electrons. The quantitative estimate of drug-likeness (QED) is 0.0763. The van der Waals surface area contributed by atoms with Gasteiger partial charge in [0.2, 0.25) is 11.6 Å². The fourth-order valence-electron chi connectivity index (χ4n) is 3.79. The van der Waals surface area contributed by atoms with Gasteiger partial charge in [-0.1, -0.05) is 0 Å². The summed E-state index contributed by atoms with van der Waals surface area (Å²) in [5, 5.41) is 51.4. The van der Waals surface area contributed by atoms with Gasteiger partial charge in [0.05, 0.1) is 53.0 Å². The summed E-state index contributed by atoms with van der Waals surface area (Å²) < 4.78 is 0. The molecule has 2 aromatic rings. The monoisotopic (exact) mass is 473 g/mol. The highest BCUT2D eigenvalue weighted by Crippen LogP contribution is 2.43. The van der Waals surface area contributed by atoms with E-state index >= 15 is 0 Å². The van der Waals surface area contributed by atoms with Crippen molar-refractivity contribution in [2.45, 2.75) is 0 Å². The summed E-state index contributed by atoms with van der Waals surface area (Å²) in [7, 11) is 0. The van der Waals surface area contributed by atoms with Crippen LogP contribution in [0.25, 0.3) is 0 Å². The molecule has 0 aromatic heterocycles. The number of hydrogen-bond acceptors (Lipinski definition) is 11. The molecule has 0 amide bonds. The van der Waals surface area contributed by atoms with Gasteiger partial charge in [-0.15, -0.1) is 4.91 Å². The highest BCUT2D eigenvalue weighted by Gasteiger charge is 2.39. The Hall–Kier alpha value is -3.58. The smallest absolute Gasteiger partial charge is 0.200 e. The Morgan fingerprint density at radius 2 is 1.32 bits per heavy atom. The molecule has 3 rings (SSSR count). The maximum atomic E-state index is 13.5. The van der Waals surface area contributed by atoms with E-state index in [0.29, 0.717) is 31.9 Å². The molecule has 0 bridgehead atoms. The lowest BCUT2D eigenvalue weighted by Gasteiger charge is -2.27. The number of aromatic hydroxyl groups is 2. The summed E-state index contributed by atoms with van der Waals surface area (Å²) in [6.45, 7) is 1.70. The third kappa shape index (κ3) is 4.99. The second kappa shape index (κ2) is 11.5. The number of nitrogens with zero attached hydrogens (tertiary/aromatic N) is 2. The molecule has 0 unspecified atom stereocenters. The zero-order valence-corrected chi connectivity index (χ0v) is 18.4. The van der Waals surface area contributed by atoms with E-state index in [0.717, 1.165) is 17.1 Å². The molecular formula is C22H27N5O7. The van der Waals surface area contributed by atoms with Crippen molar-refractivity contribution >= 4 is 22.9 Å². The minimum Gasteiger partial charge on any atom is -0.507 e. The average molecular weight is 473 g/mol. The van der Waals surface area contributed by atoms with Crippen LogP contribution in [0.1, 0.15) is 31.8 Å². The van der Waals surface area contributed by atoms with Gasteiger partial charge in [-0.25, -0.2) is 5.01 Å². The fraction of sp³-hybridized carbons (Fsp3) is 0.364. The number of phenols is 2. The number of nitroso groups, excluding NO2 is 1. The molecule has 2 aromatic carbocycles. The first-order valence-corrected chi connectivity index (χ1v) is 10.7. The predicted molar refractivity (Wildman–Crippen MR) is 125 cm³/mol. The van der Waals surface area contributed by atoms with E-state index < -0.39 is 23.1 Å². The minimum atomic E-state index is -0.730. The van der Waals surface area contributed by atoms with E-state index in [-0.39, 0.29) is 54.2 Å². The first kappa shape index (κ1) is 25.1. The molecule has 0 atom stereocenters. The Balaban J connectivity index is 2.07. The van der Waals surface area contributed by atoms with Gasteiger partial charge in [-0.05, 0) is 24.3 Å². The van der Waals surface area contributed by atoms with Crippen LogP contribution in [0.2, 0.25) is 0 Å². The number of ketones is 2. The van der Waals surface area contributed by atoms with Crippen LogP contribution in [0.4, 0.5) is 11.4 Å². The van der Waals surface area contributed by atoms with E-state index in [1.54, 1.807) is 0 Å². The van der Waals surface area contributed by atoms with Gasteiger partial charge in [0.15, 0.2) is 0 Å². The third-order valence-electron chi connectivity index (χ3n) is 5.32. The maximum Gasteiger partial charge on any atom is 0.200 e. The predicted octanol–water partition coefficient (Wildman–Crippen LogP) is -0.0633. The first-order chi connectivity index (χ1) is 16.5. The van der Waals surface area contributed by atoms with Crippen LogP contribution in [0.5, 0.6) is 11.5 Å². The van der Waals surface area contributed by atoms with E-state index in [2.05, 4.69) is 21.2 Å². The van der Waals surface area contributed by atoms with E-state index in [1.165, 1.54) is 12.1 Å². The summed E-state index contributed by atoms with van der Waals surface area (Å²) in [5.74, 6) is -2.33. The van der Waals surface area contributed by atoms with Gasteiger partial charge in [0.1, 0.15) is 11.5 Å². The largest absolute Gasteiger partial charge is 0.507 e. The molecule has 12 nitrogen and oxygen atoms in total. The molecule has 0 spiro atoms. The molecule has 1 aliphatic rings. The molecular weight excluding hydrogens is 446 g/mol. The zero-order valence-electron chi connectivity index (χ0n) is 18.4. The number of hydrogen-bond donors (Lipinski definition) is 7. The van der Waals surface area contributed by atoms with Gasteiger partial charge in [-0.2, -0.15) is 0 Å². The van der Waals surface area contributed by atoms with Crippen LogP contribution < -0.4 is 21.0 Å². The van der Waals surface area contributed by atoms with Gasteiger partial charge in [0.25, 0.3) is 0 Å². The number of aliphatic hydroxyl groups is 2. The van der Waals surface area contributed by atoms with Crippen molar-refractivity contribution in [2.24, 2.45) is 5.29 Å². The van der Waals surface area contributed by atoms with Crippen molar-refractivity contribution in [1.29, 1.82) is 0 Å². The molecule has 1 aliphatic carbocycles. The van der Waals surface area contributed by atoms with Crippen molar-refractivity contribution in [1.82, 2.24) is 10.6 Å². The van der Waals surface area contributed by atoms with Crippen LogP contribution >= 0.6 is 0 Å². The lowest BCUT2D eigenvalue weighted by Crippen LogP contribution is -2.32. The van der Waals surface area contributed by atoms with Crippen molar-refractivity contribution < 1.29 is 30.0 Å². The van der Waals surface area contributed by atoms with Crippen molar-refractivity contribution in [3.63, 3.8) is 0 Å². The van der Waals surface area contributed by atoms with Crippen LogP contribution in [0.3, 0.4) is 0 Å². The zero-order chi connectivity index (χ0) is 24.7. The molecule has 0 saturated heterocycles. The molecule has 34 heavy (non-hydrogen) atoms. The van der Waals surface area contributed by atoms with Crippen LogP contribution in [-0.4, -0.2) is 84.5 Å². The first-order valence-electron chi connectivity index (χ1n) is 10.7. The highest BCUT2D eigenvalue weighted by atomic mass is 16.3. The van der Waals surface area contributed by atoms with Gasteiger partial charge < -0.3 is 36.4 Å². The Bertz CT molecular complexity index is 1080. The van der Waals surface area contributed by atoms with Crippen LogP contribution in [-0.2, 0) is 0 Å². The topological polar surface area (TPSA) is 184 Å². The third-order valence-corrected chi connectivity index (χ3v) is 5.32. The second-order valence-electron chi connectivity index (χ2n) is 7.47. The Kier molecular flexibility index (Phi) is 8.49. The number of rotatable bonds is 13. The molecule has 0 aliphatic heterocycles. The number of fused-ring (bicyclic) bond motifs is 2. The van der Waals surface area contributed by atoms with Gasteiger partial charge in [0, 0.05) is 38.4 Å². The average Bonchev–Trinajstić information content (AvgIpc) is 2.83. The summed E-state index contributed by atoms with van der Waals surface area (Å²) in [6.07, 6.45) is 0. The molecule has 7 N–H and O–H groups in total. The number of carbonyl (C=O) groups excluding carboxylic acids is 2. The Labute approximate surface area is 195 Å². The number of benzene rings is 2. The number of carbonyl (C=O) groups is 2. The van der Waals surface area contributed by atoms with Crippen LogP contribution in [0, 0.1) is 4.91 Å². The van der Waals surface area contributed by atoms with E-state index in [9.17, 15) is 24.7 Å². The molecule has 0 heterocycles. The number of aliphatic hydroxyl groups excluding tert-OH is 2. The highest BCUT2D eigenvalue weighted by molar-refractivity contribution is 6.33. The summed E-state index contributed by atoms with van der Waals surface area (Å²) >= 11 is 0. The summed E-state index contributed by atoms with van der Waals surface area (Å²) in [5.41, 5.74) is -0.438. The van der Waals surface area contributed by atoms with Crippen molar-refractivity contribution in [3.8, 4) is 11.5 Å². The van der Waals surface area contributed by atoms with Gasteiger partial charge in [-0.3, -0.25) is 9.59 Å². The normalized spacial score (nSPS) is 12.3. The lowest BCUT2D eigenvalue weighted by atomic mass is 9.81. The van der Waals surface area contributed by atoms with Crippen LogP contribution in [0.15, 0.2) is 29.6 Å². The van der Waals surface area contributed by atoms with Gasteiger partial charge >= 0.3 is 0 Å². The molecule has 0 saturated carbocycles. The van der Waals surface area contributed by atoms with E-state index in [4.69, 9.17) is 10.2 Å². The standard InChI is InChI=1S/C22H27N5O7/c28-11-8-23-5-6-25-13-1-2-14(27(26-34)10-7-24-9-12-29)18-17(13)21(32)19-15(30)3-4-16(31)20(19)22(18)33/h1-4,23-25,28-31H,5-12H2.